The van der Waals surface area contributed by atoms with Crippen LogP contribution in [0.5, 0.6) is 5.75 Å². The van der Waals surface area contributed by atoms with E-state index >= 15 is 0 Å². The largest absolute Gasteiger partial charge is 0.487 e. The van der Waals surface area contributed by atoms with E-state index in [0.29, 0.717) is 16.6 Å². The van der Waals surface area contributed by atoms with Crippen LogP contribution < -0.4 is 15.6 Å². The number of thiazole rings is 1. The molecule has 0 unspecified atom stereocenters. The van der Waals surface area contributed by atoms with Crippen molar-refractivity contribution in [3.63, 3.8) is 0 Å². The maximum atomic E-state index is 12.0. The highest BCUT2D eigenvalue weighted by Gasteiger charge is 2.09. The normalized spacial score (nSPS) is 10.7. The van der Waals surface area contributed by atoms with Crippen molar-refractivity contribution in [2.45, 2.75) is 13.5 Å². The summed E-state index contributed by atoms with van der Waals surface area (Å²) in [6.07, 6.45) is 2.99. The molecule has 2 N–H and O–H groups in total. The summed E-state index contributed by atoms with van der Waals surface area (Å²) >= 11 is 4.89. The second kappa shape index (κ2) is 9.99. The van der Waals surface area contributed by atoms with Gasteiger partial charge in [-0.1, -0.05) is 24.3 Å². The summed E-state index contributed by atoms with van der Waals surface area (Å²) in [5, 5.41) is 2.98. The third-order valence-electron chi connectivity index (χ3n) is 3.78. The molecule has 0 spiro atoms. The zero-order valence-corrected chi connectivity index (χ0v) is 17.9. The van der Waals surface area contributed by atoms with E-state index in [4.69, 9.17) is 4.74 Å². The first-order valence-corrected chi connectivity index (χ1v) is 10.4. The van der Waals surface area contributed by atoms with E-state index in [2.05, 4.69) is 31.8 Å². The smallest absolute Gasteiger partial charge is 0.270 e. The first-order chi connectivity index (χ1) is 14.0. The number of aromatic nitrogens is 1. The number of ether oxygens (including phenoxy) is 1. The summed E-state index contributed by atoms with van der Waals surface area (Å²) in [4.78, 5) is 28.3. The van der Waals surface area contributed by atoms with Crippen molar-refractivity contribution < 1.29 is 14.3 Å². The Labute approximate surface area is 180 Å². The third kappa shape index (κ3) is 6.27. The number of rotatable bonds is 6. The Morgan fingerprint density at radius 2 is 1.90 bits per heavy atom. The highest BCUT2D eigenvalue weighted by Crippen LogP contribution is 2.16. The van der Waals surface area contributed by atoms with E-state index in [1.54, 1.807) is 41.7 Å². The number of nitrogens with one attached hydrogen (secondary N) is 2. The molecule has 1 heterocycles. The molecule has 3 rings (SSSR count). The molecule has 0 saturated carbocycles. The number of carbonyl (C=O) groups excluding carboxylic acids is 2. The Morgan fingerprint density at radius 1 is 1.14 bits per heavy atom. The zero-order valence-electron chi connectivity index (χ0n) is 15.5. The molecule has 8 heteroatoms. The lowest BCUT2D eigenvalue weighted by molar-refractivity contribution is -0.117. The second-order valence-corrected chi connectivity index (χ2v) is 7.89. The predicted octanol–water partition coefficient (Wildman–Crippen LogP) is 4.27. The van der Waals surface area contributed by atoms with Crippen molar-refractivity contribution in [2.75, 3.05) is 0 Å². The van der Waals surface area contributed by atoms with Crippen LogP contribution in [0.15, 0.2) is 64.5 Å². The summed E-state index contributed by atoms with van der Waals surface area (Å²) in [6, 6.07) is 14.3. The van der Waals surface area contributed by atoms with Crippen LogP contribution in [0, 0.1) is 6.92 Å². The number of aryl methyl sites for hydroxylation is 1. The Kier molecular flexibility index (Phi) is 7.15. The summed E-state index contributed by atoms with van der Waals surface area (Å²) < 4.78 is 6.34. The Balaban J connectivity index is 1.47. The van der Waals surface area contributed by atoms with Gasteiger partial charge in [0.25, 0.3) is 11.8 Å². The first kappa shape index (κ1) is 20.8. The zero-order chi connectivity index (χ0) is 20.6. The number of carbonyl (C=O) groups is 2. The van der Waals surface area contributed by atoms with Gasteiger partial charge in [0, 0.05) is 15.9 Å². The quantitative estimate of drug-likeness (QED) is 0.415. The minimum absolute atomic E-state index is 0.406. The van der Waals surface area contributed by atoms with E-state index in [-0.39, 0.29) is 0 Å². The molecular weight excluding hydrogens is 454 g/mol. The number of hydrazine groups is 1. The minimum atomic E-state index is -0.440. The van der Waals surface area contributed by atoms with Gasteiger partial charge in [0.15, 0.2) is 0 Å². The van der Waals surface area contributed by atoms with Crippen LogP contribution in [-0.2, 0) is 11.4 Å². The lowest BCUT2D eigenvalue weighted by Crippen LogP contribution is -2.40. The fourth-order valence-corrected chi connectivity index (χ4v) is 3.41. The van der Waals surface area contributed by atoms with Gasteiger partial charge in [-0.2, -0.15) is 0 Å². The molecule has 0 saturated heterocycles. The van der Waals surface area contributed by atoms with E-state index in [1.165, 1.54) is 6.08 Å². The van der Waals surface area contributed by atoms with Gasteiger partial charge in [-0.05, 0) is 58.8 Å². The molecule has 0 atom stereocenters. The van der Waals surface area contributed by atoms with Gasteiger partial charge in [-0.3, -0.25) is 20.4 Å². The van der Waals surface area contributed by atoms with Gasteiger partial charge in [-0.25, -0.2) is 4.98 Å². The topological polar surface area (TPSA) is 80.3 Å². The van der Waals surface area contributed by atoms with E-state index in [1.807, 2.05) is 36.6 Å². The van der Waals surface area contributed by atoms with Crippen LogP contribution in [0.3, 0.4) is 0 Å². The average molecular weight is 472 g/mol. The first-order valence-electron chi connectivity index (χ1n) is 8.68. The van der Waals surface area contributed by atoms with Crippen LogP contribution in [0.2, 0.25) is 0 Å². The molecule has 0 aliphatic heterocycles. The van der Waals surface area contributed by atoms with E-state index in [9.17, 15) is 9.59 Å². The van der Waals surface area contributed by atoms with Crippen LogP contribution in [-0.4, -0.2) is 16.8 Å². The van der Waals surface area contributed by atoms with Crippen LogP contribution in [0.4, 0.5) is 0 Å². The number of benzene rings is 2. The number of nitrogens with zero attached hydrogens (tertiary/aromatic N) is 1. The summed E-state index contributed by atoms with van der Waals surface area (Å²) in [7, 11) is 0. The van der Waals surface area contributed by atoms with Gasteiger partial charge in [-0.15, -0.1) is 11.3 Å². The minimum Gasteiger partial charge on any atom is -0.487 e. The Hall–Kier alpha value is -2.97. The molecular formula is C21H18BrN3O3S. The lowest BCUT2D eigenvalue weighted by Gasteiger charge is -2.06. The summed E-state index contributed by atoms with van der Waals surface area (Å²) in [5.74, 6) is -0.126. The molecule has 6 nitrogen and oxygen atoms in total. The van der Waals surface area contributed by atoms with Gasteiger partial charge in [0.2, 0.25) is 0 Å². The second-order valence-electron chi connectivity index (χ2n) is 5.97. The number of halogens is 1. The molecule has 0 bridgehead atoms. The fourth-order valence-electron chi connectivity index (χ4n) is 2.35. The van der Waals surface area contributed by atoms with Crippen molar-refractivity contribution in [1.29, 1.82) is 0 Å². The highest BCUT2D eigenvalue weighted by atomic mass is 79.9. The lowest BCUT2D eigenvalue weighted by atomic mass is 10.2. The SMILES string of the molecule is Cc1nc(COc2ccc(/C=C/C(=O)NNC(=O)c3ccccc3Br)cc2)cs1. The van der Waals surface area contributed by atoms with Gasteiger partial charge >= 0.3 is 0 Å². The molecule has 29 heavy (non-hydrogen) atoms. The van der Waals surface area contributed by atoms with E-state index in [0.717, 1.165) is 22.0 Å². The van der Waals surface area contributed by atoms with Crippen molar-refractivity contribution in [3.05, 3.63) is 86.3 Å². The van der Waals surface area contributed by atoms with Crippen molar-refractivity contribution in [3.8, 4) is 5.75 Å². The fraction of sp³-hybridized carbons (Fsp3) is 0.0952. The molecule has 148 valence electrons. The van der Waals surface area contributed by atoms with Crippen molar-refractivity contribution in [2.24, 2.45) is 0 Å². The molecule has 0 aliphatic carbocycles. The monoisotopic (exact) mass is 471 g/mol. The molecule has 0 radical (unpaired) electrons. The van der Waals surface area contributed by atoms with E-state index < -0.39 is 11.8 Å². The molecule has 2 amide bonds. The Morgan fingerprint density at radius 3 is 2.59 bits per heavy atom. The van der Waals surface area contributed by atoms with Crippen LogP contribution >= 0.6 is 27.3 Å². The van der Waals surface area contributed by atoms with Crippen molar-refractivity contribution in [1.82, 2.24) is 15.8 Å². The van der Waals surface area contributed by atoms with Gasteiger partial charge < -0.3 is 4.74 Å². The molecule has 2 aromatic carbocycles. The number of amides is 2. The molecule has 0 aliphatic rings. The van der Waals surface area contributed by atoms with Crippen LogP contribution in [0.25, 0.3) is 6.08 Å². The molecule has 0 fully saturated rings. The average Bonchev–Trinajstić information content (AvgIpc) is 3.15. The molecule has 1 aromatic heterocycles. The summed E-state index contributed by atoms with van der Waals surface area (Å²) in [6.45, 7) is 2.37. The van der Waals surface area contributed by atoms with Crippen LogP contribution in [0.1, 0.15) is 26.6 Å². The summed E-state index contributed by atoms with van der Waals surface area (Å²) in [5.41, 5.74) is 6.89. The van der Waals surface area contributed by atoms with Gasteiger partial charge in [0.05, 0.1) is 16.3 Å². The van der Waals surface area contributed by atoms with Gasteiger partial charge in [0.1, 0.15) is 12.4 Å². The maximum absolute atomic E-state index is 12.0. The van der Waals surface area contributed by atoms with Crippen molar-refractivity contribution >= 4 is 45.2 Å². The number of hydrogen-bond donors (Lipinski definition) is 2. The number of hydrogen-bond acceptors (Lipinski definition) is 5. The predicted molar refractivity (Wildman–Crippen MR) is 116 cm³/mol. The Bertz CT molecular complexity index is 1030. The molecule has 3 aromatic rings. The third-order valence-corrected chi connectivity index (χ3v) is 5.29. The standard InChI is InChI=1S/C21H18BrN3O3S/c1-14-23-16(13-29-14)12-28-17-9-6-15(7-10-17)8-11-20(26)24-25-21(27)18-4-2-3-5-19(18)22/h2-11,13H,12H2,1H3,(H,24,26)(H,25,27)/b11-8+. The highest BCUT2D eigenvalue weighted by molar-refractivity contribution is 9.10. The maximum Gasteiger partial charge on any atom is 0.270 e.